The van der Waals surface area contributed by atoms with Gasteiger partial charge in [-0.2, -0.15) is 5.10 Å². The van der Waals surface area contributed by atoms with Crippen LogP contribution >= 0.6 is 0 Å². The second-order valence-electron chi connectivity index (χ2n) is 3.63. The fourth-order valence-corrected chi connectivity index (χ4v) is 1.31. The van der Waals surface area contributed by atoms with Gasteiger partial charge in [-0.15, -0.1) is 0 Å². The lowest BCUT2D eigenvalue weighted by atomic mass is 10.2. The van der Waals surface area contributed by atoms with Gasteiger partial charge in [0.25, 0.3) is 0 Å². The van der Waals surface area contributed by atoms with Gasteiger partial charge in [0.1, 0.15) is 18.7 Å². The van der Waals surface area contributed by atoms with Crippen molar-refractivity contribution in [3.8, 4) is 0 Å². The summed E-state index contributed by atoms with van der Waals surface area (Å²) >= 11 is 0. The van der Waals surface area contributed by atoms with Crippen LogP contribution < -0.4 is 5.32 Å². The number of aromatic nitrogens is 3. The zero-order chi connectivity index (χ0) is 11.8. The van der Waals surface area contributed by atoms with E-state index in [9.17, 15) is 4.79 Å². The standard InChI is InChI=1S/C10H18N4O2/c1-9(14-8-11-7-13-14)10(16)12-5-3-2-4-6-15/h7-9,15H,2-6H2,1H3,(H,12,16). The molecule has 1 aromatic heterocycles. The maximum absolute atomic E-state index is 11.6. The minimum Gasteiger partial charge on any atom is -0.396 e. The van der Waals surface area contributed by atoms with Crippen LogP contribution in [0.2, 0.25) is 0 Å². The predicted octanol–water partition coefficient (Wildman–Crippen LogP) is 0.118. The summed E-state index contributed by atoms with van der Waals surface area (Å²) in [5, 5.41) is 15.3. The highest BCUT2D eigenvalue weighted by Gasteiger charge is 2.13. The van der Waals surface area contributed by atoms with Gasteiger partial charge in [0.05, 0.1) is 0 Å². The van der Waals surface area contributed by atoms with Crippen LogP contribution in [0.15, 0.2) is 12.7 Å². The molecule has 1 aromatic rings. The van der Waals surface area contributed by atoms with E-state index in [1.54, 1.807) is 6.92 Å². The van der Waals surface area contributed by atoms with Gasteiger partial charge in [-0.25, -0.2) is 9.67 Å². The highest BCUT2D eigenvalue weighted by Crippen LogP contribution is 2.01. The summed E-state index contributed by atoms with van der Waals surface area (Å²) in [5.74, 6) is -0.0606. The molecule has 2 N–H and O–H groups in total. The first-order chi connectivity index (χ1) is 7.75. The molecule has 0 aliphatic rings. The summed E-state index contributed by atoms with van der Waals surface area (Å²) in [5.41, 5.74) is 0. The zero-order valence-electron chi connectivity index (χ0n) is 9.46. The first-order valence-corrected chi connectivity index (χ1v) is 5.48. The van der Waals surface area contributed by atoms with Crippen LogP contribution in [0, 0.1) is 0 Å². The molecule has 0 saturated carbocycles. The number of aliphatic hydroxyl groups is 1. The Morgan fingerprint density at radius 3 is 2.94 bits per heavy atom. The maximum Gasteiger partial charge on any atom is 0.244 e. The van der Waals surface area contributed by atoms with Crippen LogP contribution in [0.25, 0.3) is 0 Å². The van der Waals surface area contributed by atoms with Crippen molar-refractivity contribution in [3.63, 3.8) is 0 Å². The van der Waals surface area contributed by atoms with Crippen molar-refractivity contribution in [2.45, 2.75) is 32.2 Å². The third-order valence-electron chi connectivity index (χ3n) is 2.35. The zero-order valence-corrected chi connectivity index (χ0v) is 9.46. The van der Waals surface area contributed by atoms with E-state index in [1.165, 1.54) is 17.3 Å². The largest absolute Gasteiger partial charge is 0.396 e. The first-order valence-electron chi connectivity index (χ1n) is 5.48. The number of hydrogen-bond donors (Lipinski definition) is 2. The van der Waals surface area contributed by atoms with Gasteiger partial charge in [-0.3, -0.25) is 4.79 Å². The average molecular weight is 226 g/mol. The topological polar surface area (TPSA) is 80.0 Å². The Morgan fingerprint density at radius 2 is 2.31 bits per heavy atom. The Bertz CT molecular complexity index is 300. The number of amides is 1. The van der Waals surface area contributed by atoms with E-state index in [0.29, 0.717) is 6.54 Å². The van der Waals surface area contributed by atoms with Crippen molar-refractivity contribution in [1.29, 1.82) is 0 Å². The van der Waals surface area contributed by atoms with Crippen LogP contribution in [-0.2, 0) is 4.79 Å². The van der Waals surface area contributed by atoms with E-state index in [-0.39, 0.29) is 18.6 Å². The van der Waals surface area contributed by atoms with E-state index in [4.69, 9.17) is 5.11 Å². The molecule has 0 saturated heterocycles. The SMILES string of the molecule is CC(C(=O)NCCCCCO)n1cncn1. The van der Waals surface area contributed by atoms with Gasteiger partial charge >= 0.3 is 0 Å². The van der Waals surface area contributed by atoms with Crippen LogP contribution in [-0.4, -0.2) is 38.9 Å². The van der Waals surface area contributed by atoms with E-state index in [0.717, 1.165) is 19.3 Å². The molecule has 16 heavy (non-hydrogen) atoms. The number of nitrogens with zero attached hydrogens (tertiary/aromatic N) is 3. The van der Waals surface area contributed by atoms with Crippen LogP contribution in [0.1, 0.15) is 32.2 Å². The van der Waals surface area contributed by atoms with Crippen molar-refractivity contribution in [2.24, 2.45) is 0 Å². The summed E-state index contributed by atoms with van der Waals surface area (Å²) < 4.78 is 1.52. The Balaban J connectivity index is 2.20. The summed E-state index contributed by atoms with van der Waals surface area (Å²) in [6.07, 6.45) is 5.53. The summed E-state index contributed by atoms with van der Waals surface area (Å²) in [6, 6.07) is -0.333. The highest BCUT2D eigenvalue weighted by atomic mass is 16.2. The summed E-state index contributed by atoms with van der Waals surface area (Å²) in [6.45, 7) is 2.62. The van der Waals surface area contributed by atoms with Crippen molar-refractivity contribution in [2.75, 3.05) is 13.2 Å². The van der Waals surface area contributed by atoms with Crippen LogP contribution in [0.4, 0.5) is 0 Å². The van der Waals surface area contributed by atoms with Crippen molar-refractivity contribution in [3.05, 3.63) is 12.7 Å². The van der Waals surface area contributed by atoms with Gasteiger partial charge in [-0.05, 0) is 26.2 Å². The Hall–Kier alpha value is -1.43. The smallest absolute Gasteiger partial charge is 0.244 e. The van der Waals surface area contributed by atoms with Crippen molar-refractivity contribution in [1.82, 2.24) is 20.1 Å². The van der Waals surface area contributed by atoms with E-state index < -0.39 is 0 Å². The number of rotatable bonds is 7. The number of carbonyl (C=O) groups is 1. The van der Waals surface area contributed by atoms with E-state index >= 15 is 0 Å². The maximum atomic E-state index is 11.6. The van der Waals surface area contributed by atoms with Gasteiger partial charge < -0.3 is 10.4 Å². The number of hydrogen-bond acceptors (Lipinski definition) is 4. The molecule has 6 heteroatoms. The Morgan fingerprint density at radius 1 is 1.50 bits per heavy atom. The molecule has 0 fully saturated rings. The number of carbonyl (C=O) groups excluding carboxylic acids is 1. The molecule has 6 nitrogen and oxygen atoms in total. The molecular weight excluding hydrogens is 208 g/mol. The molecule has 0 bridgehead atoms. The molecule has 1 atom stereocenters. The molecule has 0 radical (unpaired) electrons. The molecule has 0 aliphatic heterocycles. The minimum absolute atomic E-state index is 0.0606. The number of aliphatic hydroxyl groups excluding tert-OH is 1. The molecule has 1 amide bonds. The fourth-order valence-electron chi connectivity index (χ4n) is 1.31. The molecule has 0 aromatic carbocycles. The quantitative estimate of drug-likeness (QED) is 0.647. The summed E-state index contributed by atoms with van der Waals surface area (Å²) in [4.78, 5) is 15.4. The monoisotopic (exact) mass is 226 g/mol. The second kappa shape index (κ2) is 6.95. The Kier molecular flexibility index (Phi) is 5.49. The van der Waals surface area contributed by atoms with Gasteiger partial charge in [0.15, 0.2) is 0 Å². The third kappa shape index (κ3) is 3.98. The van der Waals surface area contributed by atoms with Crippen molar-refractivity contribution < 1.29 is 9.90 Å². The van der Waals surface area contributed by atoms with E-state index in [2.05, 4.69) is 15.4 Å². The minimum atomic E-state index is -0.333. The molecule has 0 spiro atoms. The van der Waals surface area contributed by atoms with Crippen LogP contribution in [0.5, 0.6) is 0 Å². The summed E-state index contributed by atoms with van der Waals surface area (Å²) in [7, 11) is 0. The van der Waals surface area contributed by atoms with Gasteiger partial charge in [-0.1, -0.05) is 0 Å². The van der Waals surface area contributed by atoms with Crippen LogP contribution in [0.3, 0.4) is 0 Å². The molecule has 1 unspecified atom stereocenters. The molecule has 1 heterocycles. The molecule has 0 aliphatic carbocycles. The van der Waals surface area contributed by atoms with Gasteiger partial charge in [0.2, 0.25) is 5.91 Å². The Labute approximate surface area is 94.7 Å². The number of nitrogens with one attached hydrogen (secondary N) is 1. The first kappa shape index (κ1) is 12.6. The molecule has 90 valence electrons. The second-order valence-corrected chi connectivity index (χ2v) is 3.63. The number of unbranched alkanes of at least 4 members (excludes halogenated alkanes) is 2. The normalized spacial score (nSPS) is 12.4. The molecule has 1 rings (SSSR count). The molecular formula is C10H18N4O2. The highest BCUT2D eigenvalue weighted by molar-refractivity contribution is 5.79. The lowest BCUT2D eigenvalue weighted by Crippen LogP contribution is -2.31. The average Bonchev–Trinajstić information content (AvgIpc) is 2.81. The van der Waals surface area contributed by atoms with Gasteiger partial charge in [0, 0.05) is 13.2 Å². The third-order valence-corrected chi connectivity index (χ3v) is 2.35. The lowest BCUT2D eigenvalue weighted by Gasteiger charge is -2.11. The van der Waals surface area contributed by atoms with E-state index in [1.807, 2.05) is 0 Å². The predicted molar refractivity (Wildman–Crippen MR) is 58.7 cm³/mol. The lowest BCUT2D eigenvalue weighted by molar-refractivity contribution is -0.124. The fraction of sp³-hybridized carbons (Fsp3) is 0.700. The van der Waals surface area contributed by atoms with Crippen molar-refractivity contribution >= 4 is 5.91 Å².